The van der Waals surface area contributed by atoms with Crippen LogP contribution in [0.4, 0.5) is 11.4 Å². The van der Waals surface area contributed by atoms with Gasteiger partial charge in [-0.25, -0.2) is 0 Å². The fraction of sp³-hybridized carbons (Fsp3) is 0.250. The number of halogens is 1. The first kappa shape index (κ1) is 21.1. The lowest BCUT2D eigenvalue weighted by Gasteiger charge is -2.36. The number of nitro groups is 1. The number of anilines is 1. The summed E-state index contributed by atoms with van der Waals surface area (Å²) in [6.45, 7) is 2.38. The number of hydrogen-bond donors (Lipinski definition) is 0. The third-order valence-corrected chi connectivity index (χ3v) is 6.39. The highest BCUT2D eigenvalue weighted by Gasteiger charge is 2.24. The van der Waals surface area contributed by atoms with Crippen LogP contribution in [0.2, 0.25) is 5.02 Å². The fourth-order valence-corrected chi connectivity index (χ4v) is 4.37. The third-order valence-electron chi connectivity index (χ3n) is 5.03. The van der Waals surface area contributed by atoms with Crippen molar-refractivity contribution in [3.05, 3.63) is 69.5 Å². The van der Waals surface area contributed by atoms with Crippen LogP contribution in [0.5, 0.6) is 0 Å². The molecule has 2 aromatic carbocycles. The van der Waals surface area contributed by atoms with E-state index in [2.05, 4.69) is 15.1 Å². The van der Waals surface area contributed by atoms with Crippen molar-refractivity contribution in [2.24, 2.45) is 7.05 Å². The average molecular weight is 459 g/mol. The number of nitro benzene ring substituents is 1. The molecule has 0 radical (unpaired) electrons. The summed E-state index contributed by atoms with van der Waals surface area (Å²) in [6, 6.07) is 11.9. The molecule has 1 aliphatic heterocycles. The summed E-state index contributed by atoms with van der Waals surface area (Å²) in [6.07, 6.45) is 1.55. The minimum atomic E-state index is -0.398. The Hall–Kier alpha value is -3.11. The largest absolute Gasteiger partial charge is 0.368 e. The zero-order valence-corrected chi connectivity index (χ0v) is 18.2. The SMILES string of the molecule is Cn1cnnc1Sc1cc(N2CCN(C(=O)c3ccc(Cl)cc3)CC2)ccc1[N+](=O)[O-]. The van der Waals surface area contributed by atoms with Crippen LogP contribution in [-0.4, -0.2) is 56.7 Å². The van der Waals surface area contributed by atoms with E-state index in [0.29, 0.717) is 46.8 Å². The first-order valence-electron chi connectivity index (χ1n) is 9.52. The van der Waals surface area contributed by atoms with Gasteiger partial charge in [-0.2, -0.15) is 0 Å². The van der Waals surface area contributed by atoms with Crippen molar-refractivity contribution in [3.63, 3.8) is 0 Å². The van der Waals surface area contributed by atoms with Gasteiger partial charge in [-0.1, -0.05) is 11.6 Å². The Morgan fingerprint density at radius 2 is 1.84 bits per heavy atom. The van der Waals surface area contributed by atoms with Crippen molar-refractivity contribution in [3.8, 4) is 0 Å². The second kappa shape index (κ2) is 8.94. The van der Waals surface area contributed by atoms with Gasteiger partial charge in [-0.3, -0.25) is 14.9 Å². The molecule has 1 saturated heterocycles. The maximum Gasteiger partial charge on any atom is 0.283 e. The molecule has 1 fully saturated rings. The topological polar surface area (TPSA) is 97.4 Å². The quantitative estimate of drug-likeness (QED) is 0.426. The summed E-state index contributed by atoms with van der Waals surface area (Å²) in [7, 11) is 1.79. The Morgan fingerprint density at radius 1 is 1.13 bits per heavy atom. The van der Waals surface area contributed by atoms with Gasteiger partial charge in [0.2, 0.25) is 0 Å². The molecule has 0 atom stereocenters. The van der Waals surface area contributed by atoms with Gasteiger partial charge in [0.1, 0.15) is 6.33 Å². The van der Waals surface area contributed by atoms with Crippen LogP contribution in [0.25, 0.3) is 0 Å². The zero-order valence-electron chi connectivity index (χ0n) is 16.6. The Morgan fingerprint density at radius 3 is 2.45 bits per heavy atom. The Bertz CT molecular complexity index is 1110. The van der Waals surface area contributed by atoms with Crippen LogP contribution in [0.1, 0.15) is 10.4 Å². The van der Waals surface area contributed by atoms with Crippen LogP contribution >= 0.6 is 23.4 Å². The highest BCUT2D eigenvalue weighted by Crippen LogP contribution is 2.36. The van der Waals surface area contributed by atoms with E-state index in [1.165, 1.54) is 17.8 Å². The first-order chi connectivity index (χ1) is 14.9. The van der Waals surface area contributed by atoms with Crippen molar-refractivity contribution in [2.75, 3.05) is 31.1 Å². The second-order valence-corrected chi connectivity index (χ2v) is 8.47. The molecule has 1 aromatic heterocycles. The van der Waals surface area contributed by atoms with Gasteiger partial charge in [-0.15, -0.1) is 10.2 Å². The van der Waals surface area contributed by atoms with Gasteiger partial charge in [-0.05, 0) is 48.2 Å². The van der Waals surface area contributed by atoms with Crippen molar-refractivity contribution in [2.45, 2.75) is 10.1 Å². The predicted octanol–water partition coefficient (Wildman–Crippen LogP) is 3.49. The van der Waals surface area contributed by atoms with Crippen molar-refractivity contribution in [1.82, 2.24) is 19.7 Å². The molecule has 1 amide bonds. The number of carbonyl (C=O) groups is 1. The maximum atomic E-state index is 12.7. The molecule has 0 unspecified atom stereocenters. The van der Waals surface area contributed by atoms with E-state index in [0.717, 1.165) is 5.69 Å². The number of carbonyl (C=O) groups excluding carboxylic acids is 1. The van der Waals surface area contributed by atoms with E-state index in [1.807, 2.05) is 0 Å². The van der Waals surface area contributed by atoms with E-state index >= 15 is 0 Å². The summed E-state index contributed by atoms with van der Waals surface area (Å²) >= 11 is 7.11. The molecular weight excluding hydrogens is 440 g/mol. The van der Waals surface area contributed by atoms with Gasteiger partial charge >= 0.3 is 0 Å². The molecule has 0 saturated carbocycles. The summed E-state index contributed by atoms with van der Waals surface area (Å²) in [5.74, 6) is -0.0291. The van der Waals surface area contributed by atoms with Gasteiger partial charge < -0.3 is 14.4 Å². The van der Waals surface area contributed by atoms with E-state index < -0.39 is 4.92 Å². The van der Waals surface area contributed by atoms with E-state index in [4.69, 9.17) is 11.6 Å². The van der Waals surface area contributed by atoms with Gasteiger partial charge in [0.15, 0.2) is 5.16 Å². The average Bonchev–Trinajstić information content (AvgIpc) is 3.18. The summed E-state index contributed by atoms with van der Waals surface area (Å²) < 4.78 is 1.71. The number of aromatic nitrogens is 3. The van der Waals surface area contributed by atoms with Crippen LogP contribution in [0, 0.1) is 10.1 Å². The molecule has 0 spiro atoms. The monoisotopic (exact) mass is 458 g/mol. The van der Waals surface area contributed by atoms with E-state index in [9.17, 15) is 14.9 Å². The molecule has 4 rings (SSSR count). The molecule has 11 heteroatoms. The minimum absolute atomic E-state index is 0.0216. The number of piperazine rings is 1. The Balaban J connectivity index is 1.48. The Labute approximate surface area is 187 Å². The lowest BCUT2D eigenvalue weighted by molar-refractivity contribution is -0.387. The lowest BCUT2D eigenvalue weighted by Crippen LogP contribution is -2.48. The Kier molecular flexibility index (Phi) is 6.10. The number of amides is 1. The molecule has 31 heavy (non-hydrogen) atoms. The molecule has 2 heterocycles. The van der Waals surface area contributed by atoms with Crippen LogP contribution in [0.3, 0.4) is 0 Å². The van der Waals surface area contributed by atoms with Crippen LogP contribution in [0.15, 0.2) is 58.8 Å². The highest BCUT2D eigenvalue weighted by atomic mass is 35.5. The van der Waals surface area contributed by atoms with Gasteiger partial charge in [0.25, 0.3) is 11.6 Å². The van der Waals surface area contributed by atoms with E-state index in [1.54, 1.807) is 59.2 Å². The van der Waals surface area contributed by atoms with Gasteiger partial charge in [0, 0.05) is 55.6 Å². The number of hydrogen-bond acceptors (Lipinski definition) is 7. The number of benzene rings is 2. The van der Waals surface area contributed by atoms with E-state index in [-0.39, 0.29) is 11.6 Å². The molecule has 0 N–H and O–H groups in total. The highest BCUT2D eigenvalue weighted by molar-refractivity contribution is 7.99. The van der Waals surface area contributed by atoms with Crippen molar-refractivity contribution >= 4 is 40.6 Å². The molecule has 3 aromatic rings. The molecular formula is C20H19ClN6O3S. The number of rotatable bonds is 5. The van der Waals surface area contributed by atoms with Crippen LogP contribution in [-0.2, 0) is 7.05 Å². The first-order valence-corrected chi connectivity index (χ1v) is 10.7. The van der Waals surface area contributed by atoms with Crippen molar-refractivity contribution < 1.29 is 9.72 Å². The molecule has 160 valence electrons. The summed E-state index contributed by atoms with van der Waals surface area (Å²) in [4.78, 5) is 28.2. The smallest absolute Gasteiger partial charge is 0.283 e. The summed E-state index contributed by atoms with van der Waals surface area (Å²) in [5.41, 5.74) is 1.50. The molecule has 1 aliphatic rings. The van der Waals surface area contributed by atoms with Crippen molar-refractivity contribution in [1.29, 1.82) is 0 Å². The van der Waals surface area contributed by atoms with Gasteiger partial charge in [0.05, 0.1) is 9.82 Å². The normalized spacial score (nSPS) is 14.0. The number of aryl methyl sites for hydroxylation is 1. The molecule has 9 nitrogen and oxygen atoms in total. The minimum Gasteiger partial charge on any atom is -0.368 e. The lowest BCUT2D eigenvalue weighted by atomic mass is 10.1. The number of nitrogens with zero attached hydrogens (tertiary/aromatic N) is 6. The van der Waals surface area contributed by atoms with Crippen LogP contribution < -0.4 is 4.90 Å². The maximum absolute atomic E-state index is 12.7. The zero-order chi connectivity index (χ0) is 22.0. The predicted molar refractivity (Wildman–Crippen MR) is 118 cm³/mol. The molecule has 0 bridgehead atoms. The molecule has 0 aliphatic carbocycles. The summed E-state index contributed by atoms with van der Waals surface area (Å²) in [5, 5.41) is 20.5. The third kappa shape index (κ3) is 4.64. The second-order valence-electron chi connectivity index (χ2n) is 7.02. The standard InChI is InChI=1S/C20H19ClN6O3S/c1-24-13-22-23-20(24)31-18-12-16(6-7-17(18)27(29)30)25-8-10-26(11-9-25)19(28)14-2-4-15(21)5-3-14/h2-7,12-13H,8-11H2,1H3. The fourth-order valence-electron chi connectivity index (χ4n) is 3.34.